The standard InChI is InChI=1S/C26H25ClF5N3O2/c1-4-5-19(25(27)35-15(2)17-7-9-24(29)34-12-17)16-6-8-22(23(10-16)36-3)37-14-21-20(28)11-18(13-33-21)26(30,31)32/h6-12,33H,4-5,13-14H2,1-3H3/b25-19+,35-15?. The van der Waals surface area contributed by atoms with E-state index in [1.54, 1.807) is 31.2 Å². The molecular weight excluding hydrogens is 517 g/mol. The summed E-state index contributed by atoms with van der Waals surface area (Å²) in [5.41, 5.74) is 1.51. The molecule has 37 heavy (non-hydrogen) atoms. The van der Waals surface area contributed by atoms with Gasteiger partial charge >= 0.3 is 6.18 Å². The third-order valence-corrected chi connectivity index (χ3v) is 5.80. The summed E-state index contributed by atoms with van der Waals surface area (Å²) in [5.74, 6) is -1.05. The van der Waals surface area contributed by atoms with E-state index in [0.717, 1.165) is 12.0 Å². The summed E-state index contributed by atoms with van der Waals surface area (Å²) in [6.45, 7) is 2.84. The molecule has 0 bridgehead atoms. The maximum atomic E-state index is 14.2. The number of aliphatic imine (C=N–C) groups is 1. The summed E-state index contributed by atoms with van der Waals surface area (Å²) >= 11 is 6.58. The average Bonchev–Trinajstić information content (AvgIpc) is 2.86. The van der Waals surface area contributed by atoms with Crippen molar-refractivity contribution in [1.29, 1.82) is 0 Å². The number of benzene rings is 1. The molecule has 0 aliphatic carbocycles. The number of dihydropyridines is 1. The van der Waals surface area contributed by atoms with Gasteiger partial charge in [-0.05, 0) is 54.8 Å². The summed E-state index contributed by atoms with van der Waals surface area (Å²) in [6, 6.07) is 7.81. The van der Waals surface area contributed by atoms with Crippen LogP contribution in [0.15, 0.2) is 69.9 Å². The summed E-state index contributed by atoms with van der Waals surface area (Å²) in [5, 5.41) is 2.66. The molecule has 0 saturated carbocycles. The molecule has 2 heterocycles. The summed E-state index contributed by atoms with van der Waals surface area (Å²) in [7, 11) is 1.43. The largest absolute Gasteiger partial charge is 0.493 e. The maximum Gasteiger partial charge on any atom is 0.414 e. The zero-order valence-corrected chi connectivity index (χ0v) is 21.1. The highest BCUT2D eigenvalue weighted by atomic mass is 35.5. The van der Waals surface area contributed by atoms with Crippen molar-refractivity contribution in [2.24, 2.45) is 4.99 Å². The first-order valence-electron chi connectivity index (χ1n) is 11.3. The number of nitrogens with one attached hydrogen (secondary N) is 1. The number of allylic oxidation sites excluding steroid dienone is 3. The summed E-state index contributed by atoms with van der Waals surface area (Å²) < 4.78 is 76.7. The van der Waals surface area contributed by atoms with Gasteiger partial charge in [0.25, 0.3) is 0 Å². The van der Waals surface area contributed by atoms with Gasteiger partial charge in [0.15, 0.2) is 11.5 Å². The normalized spacial score (nSPS) is 15.2. The topological polar surface area (TPSA) is 55.7 Å². The van der Waals surface area contributed by atoms with Crippen molar-refractivity contribution in [3.8, 4) is 11.5 Å². The molecule has 3 rings (SSSR count). The third kappa shape index (κ3) is 7.31. The van der Waals surface area contributed by atoms with E-state index in [2.05, 4.69) is 15.3 Å². The van der Waals surface area contributed by atoms with Gasteiger partial charge in [-0.15, -0.1) is 0 Å². The molecule has 5 nitrogen and oxygen atoms in total. The Balaban J connectivity index is 1.85. The van der Waals surface area contributed by atoms with E-state index in [0.29, 0.717) is 35.1 Å². The fourth-order valence-corrected chi connectivity index (χ4v) is 3.82. The lowest BCUT2D eigenvalue weighted by molar-refractivity contribution is -0.0932. The van der Waals surface area contributed by atoms with E-state index >= 15 is 0 Å². The highest BCUT2D eigenvalue weighted by Gasteiger charge is 2.35. The average molecular weight is 542 g/mol. The minimum Gasteiger partial charge on any atom is -0.493 e. The van der Waals surface area contributed by atoms with Gasteiger partial charge in [0, 0.05) is 24.0 Å². The molecule has 2 aromatic rings. The zero-order valence-electron chi connectivity index (χ0n) is 20.3. The molecular formula is C26H25ClF5N3O2. The van der Waals surface area contributed by atoms with Gasteiger partial charge in [-0.1, -0.05) is 31.0 Å². The van der Waals surface area contributed by atoms with Crippen LogP contribution in [0.5, 0.6) is 11.5 Å². The lowest BCUT2D eigenvalue weighted by Crippen LogP contribution is -2.30. The van der Waals surface area contributed by atoms with Crippen LogP contribution in [-0.4, -0.2) is 37.1 Å². The Morgan fingerprint density at radius 1 is 1.14 bits per heavy atom. The fourth-order valence-electron chi connectivity index (χ4n) is 3.49. The first-order valence-corrected chi connectivity index (χ1v) is 11.7. The molecule has 0 radical (unpaired) electrons. The molecule has 1 aromatic carbocycles. The minimum absolute atomic E-state index is 0.103. The molecule has 1 aromatic heterocycles. The number of halogens is 6. The second-order valence-corrected chi connectivity index (χ2v) is 8.45. The number of nitrogens with zero attached hydrogens (tertiary/aromatic N) is 2. The second-order valence-electron chi connectivity index (χ2n) is 8.09. The molecule has 0 unspecified atom stereocenters. The monoisotopic (exact) mass is 541 g/mol. The van der Waals surface area contributed by atoms with Gasteiger partial charge in [-0.2, -0.15) is 17.6 Å². The van der Waals surface area contributed by atoms with Gasteiger partial charge in [-0.3, -0.25) is 0 Å². The number of aromatic nitrogens is 1. The Morgan fingerprint density at radius 3 is 2.46 bits per heavy atom. The van der Waals surface area contributed by atoms with Crippen molar-refractivity contribution in [2.45, 2.75) is 32.9 Å². The number of hydrogen-bond donors (Lipinski definition) is 1. The first kappa shape index (κ1) is 28.2. The lowest BCUT2D eigenvalue weighted by Gasteiger charge is -2.21. The van der Waals surface area contributed by atoms with E-state index in [-0.39, 0.29) is 23.2 Å². The van der Waals surface area contributed by atoms with Crippen molar-refractivity contribution in [3.63, 3.8) is 0 Å². The van der Waals surface area contributed by atoms with Crippen molar-refractivity contribution in [1.82, 2.24) is 10.3 Å². The van der Waals surface area contributed by atoms with E-state index in [9.17, 15) is 22.0 Å². The van der Waals surface area contributed by atoms with Gasteiger partial charge < -0.3 is 14.8 Å². The number of hydrogen-bond acceptors (Lipinski definition) is 5. The van der Waals surface area contributed by atoms with Crippen LogP contribution in [0.1, 0.15) is 37.8 Å². The van der Waals surface area contributed by atoms with E-state index in [1.807, 2.05) is 6.92 Å². The highest BCUT2D eigenvalue weighted by Crippen LogP contribution is 2.35. The van der Waals surface area contributed by atoms with Gasteiger partial charge in [0.1, 0.15) is 17.6 Å². The Hall–Kier alpha value is -3.40. The predicted molar refractivity (Wildman–Crippen MR) is 133 cm³/mol. The van der Waals surface area contributed by atoms with Crippen LogP contribution < -0.4 is 14.8 Å². The minimum atomic E-state index is -4.61. The van der Waals surface area contributed by atoms with Crippen molar-refractivity contribution in [2.75, 3.05) is 20.3 Å². The Kier molecular flexibility index (Phi) is 9.31. The number of pyridine rings is 1. The van der Waals surface area contributed by atoms with Crippen LogP contribution in [-0.2, 0) is 0 Å². The second kappa shape index (κ2) is 12.2. The molecule has 0 atom stereocenters. The van der Waals surface area contributed by atoms with Crippen LogP contribution in [0.4, 0.5) is 22.0 Å². The molecule has 198 valence electrons. The summed E-state index contributed by atoms with van der Waals surface area (Å²) in [6.07, 6.45) is -1.42. The first-order chi connectivity index (χ1) is 17.5. The third-order valence-electron chi connectivity index (χ3n) is 5.49. The number of ether oxygens (including phenoxy) is 2. The van der Waals surface area contributed by atoms with Crippen LogP contribution in [0.3, 0.4) is 0 Å². The number of alkyl halides is 3. The molecule has 0 amide bonds. The Bertz CT molecular complexity index is 1250. The van der Waals surface area contributed by atoms with Crippen LogP contribution in [0.25, 0.3) is 5.57 Å². The molecule has 1 aliphatic rings. The molecule has 1 aliphatic heterocycles. The molecule has 0 fully saturated rings. The van der Waals surface area contributed by atoms with Crippen molar-refractivity contribution >= 4 is 22.9 Å². The smallest absolute Gasteiger partial charge is 0.414 e. The zero-order chi connectivity index (χ0) is 27.2. The Morgan fingerprint density at radius 2 is 1.86 bits per heavy atom. The van der Waals surface area contributed by atoms with E-state index < -0.39 is 30.1 Å². The van der Waals surface area contributed by atoms with Crippen LogP contribution in [0.2, 0.25) is 0 Å². The highest BCUT2D eigenvalue weighted by molar-refractivity contribution is 6.33. The molecule has 0 spiro atoms. The number of rotatable bonds is 9. The molecule has 0 saturated heterocycles. The van der Waals surface area contributed by atoms with E-state index in [4.69, 9.17) is 21.1 Å². The Labute approximate surface area is 216 Å². The van der Waals surface area contributed by atoms with Gasteiger partial charge in [0.05, 0.1) is 18.4 Å². The van der Waals surface area contributed by atoms with Crippen molar-refractivity contribution < 1.29 is 31.4 Å². The molecule has 11 heteroatoms. The molecule has 1 N–H and O–H groups in total. The quantitative estimate of drug-likeness (QED) is 0.159. The van der Waals surface area contributed by atoms with Gasteiger partial charge in [0.2, 0.25) is 5.95 Å². The van der Waals surface area contributed by atoms with Crippen LogP contribution >= 0.6 is 11.6 Å². The maximum absolute atomic E-state index is 14.2. The predicted octanol–water partition coefficient (Wildman–Crippen LogP) is 7.10. The number of methoxy groups -OCH3 is 1. The van der Waals surface area contributed by atoms with E-state index in [1.165, 1.54) is 19.4 Å². The van der Waals surface area contributed by atoms with Crippen molar-refractivity contribution in [3.05, 3.63) is 81.9 Å². The fraction of sp³-hybridized carbons (Fsp3) is 0.308. The SMILES string of the molecule is CCC/C(=C(/Cl)N=C(C)c1ccc(F)nc1)c1ccc(OCC2=C(F)C=C(C(F)(F)F)CN2)c(OC)c1. The lowest BCUT2D eigenvalue weighted by atomic mass is 10.0. The van der Waals surface area contributed by atoms with Gasteiger partial charge in [-0.25, -0.2) is 14.4 Å². The summed E-state index contributed by atoms with van der Waals surface area (Å²) in [4.78, 5) is 8.09. The van der Waals surface area contributed by atoms with Crippen LogP contribution in [0, 0.1) is 5.95 Å².